The smallest absolute Gasteiger partial charge is 0.307 e. The zero-order valence-corrected chi connectivity index (χ0v) is 9.68. The van der Waals surface area contributed by atoms with Crippen molar-refractivity contribution < 1.29 is 19.5 Å². The maximum Gasteiger partial charge on any atom is 0.307 e. The van der Waals surface area contributed by atoms with Crippen molar-refractivity contribution in [2.24, 2.45) is 11.8 Å². The van der Waals surface area contributed by atoms with Crippen molar-refractivity contribution in [2.75, 3.05) is 13.6 Å². The topological polar surface area (TPSA) is 86.7 Å². The Morgan fingerprint density at radius 1 is 1.29 bits per heavy atom. The lowest BCUT2D eigenvalue weighted by molar-refractivity contribution is -0.142. The van der Waals surface area contributed by atoms with Crippen molar-refractivity contribution >= 4 is 17.8 Å². The van der Waals surface area contributed by atoms with Crippen LogP contribution in [0.4, 0.5) is 0 Å². The van der Waals surface area contributed by atoms with Gasteiger partial charge in [0.15, 0.2) is 0 Å². The van der Waals surface area contributed by atoms with Gasteiger partial charge in [-0.15, -0.1) is 0 Å². The van der Waals surface area contributed by atoms with Crippen molar-refractivity contribution in [3.05, 3.63) is 0 Å². The van der Waals surface area contributed by atoms with Crippen LogP contribution in [0, 0.1) is 11.8 Å². The molecule has 2 amide bonds. The van der Waals surface area contributed by atoms with Gasteiger partial charge < -0.3 is 15.3 Å². The summed E-state index contributed by atoms with van der Waals surface area (Å²) in [4.78, 5) is 35.1. The summed E-state index contributed by atoms with van der Waals surface area (Å²) in [6.07, 6.45) is 2.41. The van der Waals surface area contributed by atoms with E-state index in [-0.39, 0.29) is 24.4 Å². The van der Waals surface area contributed by atoms with Crippen molar-refractivity contribution in [3.8, 4) is 0 Å². The van der Waals surface area contributed by atoms with Gasteiger partial charge >= 0.3 is 5.97 Å². The predicted molar refractivity (Wildman–Crippen MR) is 58.0 cm³/mol. The van der Waals surface area contributed by atoms with Crippen LogP contribution in [0.3, 0.4) is 0 Å². The van der Waals surface area contributed by atoms with Crippen LogP contribution in [0.1, 0.15) is 19.3 Å². The maximum absolute atomic E-state index is 11.7. The monoisotopic (exact) mass is 240 g/mol. The molecule has 0 aromatic rings. The van der Waals surface area contributed by atoms with Crippen LogP contribution in [-0.4, -0.2) is 47.4 Å². The second-order valence-electron chi connectivity index (χ2n) is 4.82. The minimum atomic E-state index is -0.931. The van der Waals surface area contributed by atoms with Crippen LogP contribution >= 0.6 is 0 Å². The summed E-state index contributed by atoms with van der Waals surface area (Å²) in [5.41, 5.74) is 0. The number of aliphatic carboxylic acids is 1. The molecule has 0 spiro atoms. The van der Waals surface area contributed by atoms with Gasteiger partial charge in [0.1, 0.15) is 0 Å². The fraction of sp³-hybridized carbons (Fsp3) is 0.727. The number of nitrogens with zero attached hydrogens (tertiary/aromatic N) is 1. The van der Waals surface area contributed by atoms with Gasteiger partial charge in [-0.05, 0) is 19.3 Å². The molecule has 2 fully saturated rings. The van der Waals surface area contributed by atoms with Crippen LogP contribution in [0.5, 0.6) is 0 Å². The third-order valence-electron chi connectivity index (χ3n) is 3.12. The Labute approximate surface area is 99.0 Å². The first-order chi connectivity index (χ1) is 7.99. The van der Waals surface area contributed by atoms with E-state index in [0.29, 0.717) is 6.42 Å². The van der Waals surface area contributed by atoms with Crippen molar-refractivity contribution in [1.82, 2.24) is 10.2 Å². The first kappa shape index (κ1) is 11.9. The van der Waals surface area contributed by atoms with Crippen molar-refractivity contribution in [1.29, 1.82) is 0 Å². The van der Waals surface area contributed by atoms with Crippen molar-refractivity contribution in [2.45, 2.75) is 25.3 Å². The zero-order valence-electron chi connectivity index (χ0n) is 9.68. The van der Waals surface area contributed by atoms with Gasteiger partial charge in [0, 0.05) is 13.1 Å². The number of likely N-dealkylation sites (N-methyl/N-ethyl adjacent to an activating group) is 1. The molecule has 2 N–H and O–H groups in total. The third kappa shape index (κ3) is 2.95. The van der Waals surface area contributed by atoms with E-state index in [1.807, 2.05) is 0 Å². The average molecular weight is 240 g/mol. The first-order valence-corrected chi connectivity index (χ1v) is 5.76. The molecule has 6 heteroatoms. The van der Waals surface area contributed by atoms with Gasteiger partial charge in [0.25, 0.3) is 0 Å². The van der Waals surface area contributed by atoms with Gasteiger partial charge in [-0.2, -0.15) is 0 Å². The number of amides is 2. The number of carboxylic acid groups (broad SMARTS) is 1. The number of carboxylic acids is 1. The molecular weight excluding hydrogens is 224 g/mol. The van der Waals surface area contributed by atoms with Crippen LogP contribution in [0.15, 0.2) is 0 Å². The summed E-state index contributed by atoms with van der Waals surface area (Å²) in [6.45, 7) is 0.0121. The van der Waals surface area contributed by atoms with E-state index < -0.39 is 17.8 Å². The normalized spacial score (nSPS) is 26.2. The van der Waals surface area contributed by atoms with E-state index in [0.717, 1.165) is 12.8 Å². The van der Waals surface area contributed by atoms with Gasteiger partial charge in [-0.3, -0.25) is 14.4 Å². The van der Waals surface area contributed by atoms with Crippen LogP contribution in [-0.2, 0) is 14.4 Å². The molecule has 0 heterocycles. The highest BCUT2D eigenvalue weighted by Crippen LogP contribution is 2.39. The van der Waals surface area contributed by atoms with Gasteiger partial charge in [-0.1, -0.05) is 0 Å². The van der Waals surface area contributed by atoms with Gasteiger partial charge in [0.05, 0.1) is 18.4 Å². The van der Waals surface area contributed by atoms with Crippen LogP contribution < -0.4 is 5.32 Å². The van der Waals surface area contributed by atoms with Crippen LogP contribution in [0.2, 0.25) is 0 Å². The molecule has 2 rings (SSSR count). The summed E-state index contributed by atoms with van der Waals surface area (Å²) >= 11 is 0. The minimum absolute atomic E-state index is 0.0121. The number of hydrogen-bond acceptors (Lipinski definition) is 3. The lowest BCUT2D eigenvalue weighted by Crippen LogP contribution is -2.40. The fourth-order valence-electron chi connectivity index (χ4n) is 1.82. The molecule has 0 aromatic carbocycles. The molecule has 6 nitrogen and oxygen atoms in total. The summed E-state index contributed by atoms with van der Waals surface area (Å²) in [5.74, 6) is -2.35. The molecule has 2 saturated carbocycles. The van der Waals surface area contributed by atoms with E-state index in [1.165, 1.54) is 11.9 Å². The first-order valence-electron chi connectivity index (χ1n) is 5.76. The zero-order chi connectivity index (χ0) is 12.6. The Hall–Kier alpha value is -1.59. The molecule has 2 aliphatic rings. The SMILES string of the molecule is CN(CC(=O)NC1CC1)C(=O)[C@@H]1C[C@@H]1C(=O)O. The van der Waals surface area contributed by atoms with Gasteiger partial charge in [-0.25, -0.2) is 0 Å². The highest BCUT2D eigenvalue weighted by molar-refractivity contribution is 5.91. The van der Waals surface area contributed by atoms with E-state index >= 15 is 0 Å². The molecule has 0 radical (unpaired) electrons. The molecule has 94 valence electrons. The van der Waals surface area contributed by atoms with Crippen LogP contribution in [0.25, 0.3) is 0 Å². The predicted octanol–water partition coefficient (Wildman–Crippen LogP) is -0.556. The Morgan fingerprint density at radius 2 is 1.94 bits per heavy atom. The lowest BCUT2D eigenvalue weighted by atomic mass is 10.3. The molecule has 2 aliphatic carbocycles. The number of rotatable bonds is 5. The summed E-state index contributed by atoms with van der Waals surface area (Å²) in [6, 6.07) is 0.277. The molecule has 0 aromatic heterocycles. The minimum Gasteiger partial charge on any atom is -0.481 e. The standard InChI is InChI=1S/C11H16N2O4/c1-13(5-9(14)12-6-2-3-6)10(15)7-4-8(7)11(16)17/h6-8H,2-5H2,1H3,(H,12,14)(H,16,17)/t7-,8+/m1/s1. The van der Waals surface area contributed by atoms with Crippen molar-refractivity contribution in [3.63, 3.8) is 0 Å². The Bertz CT molecular complexity index is 364. The summed E-state index contributed by atoms with van der Waals surface area (Å²) in [7, 11) is 1.53. The van der Waals surface area contributed by atoms with E-state index in [2.05, 4.69) is 5.32 Å². The van der Waals surface area contributed by atoms with E-state index in [1.54, 1.807) is 0 Å². The number of nitrogens with one attached hydrogen (secondary N) is 1. The Morgan fingerprint density at radius 3 is 2.41 bits per heavy atom. The summed E-state index contributed by atoms with van der Waals surface area (Å²) in [5, 5.41) is 11.5. The Balaban J connectivity index is 1.75. The fourth-order valence-corrected chi connectivity index (χ4v) is 1.82. The maximum atomic E-state index is 11.7. The summed E-state index contributed by atoms with van der Waals surface area (Å²) < 4.78 is 0. The third-order valence-corrected chi connectivity index (χ3v) is 3.12. The average Bonchev–Trinajstić information content (AvgIpc) is 3.09. The highest BCUT2D eigenvalue weighted by Gasteiger charge is 2.49. The Kier molecular flexibility index (Phi) is 3.04. The van der Waals surface area contributed by atoms with E-state index in [4.69, 9.17) is 5.11 Å². The molecule has 0 bridgehead atoms. The number of carbonyl (C=O) groups excluding carboxylic acids is 2. The molecular formula is C11H16N2O4. The van der Waals surface area contributed by atoms with Gasteiger partial charge in [0.2, 0.25) is 11.8 Å². The lowest BCUT2D eigenvalue weighted by Gasteiger charge is -2.16. The largest absolute Gasteiger partial charge is 0.481 e. The highest BCUT2D eigenvalue weighted by atomic mass is 16.4. The number of hydrogen-bond donors (Lipinski definition) is 2. The second-order valence-corrected chi connectivity index (χ2v) is 4.82. The molecule has 0 aliphatic heterocycles. The second kappa shape index (κ2) is 4.35. The quantitative estimate of drug-likeness (QED) is 0.674. The molecule has 2 atom stereocenters. The molecule has 0 saturated heterocycles. The molecule has 17 heavy (non-hydrogen) atoms. The molecule has 0 unspecified atom stereocenters. The van der Waals surface area contributed by atoms with E-state index in [9.17, 15) is 14.4 Å². The number of carbonyl (C=O) groups is 3.